The molecule has 20 heteroatoms. The zero-order valence-corrected chi connectivity index (χ0v) is 46.4. The Morgan fingerprint density at radius 2 is 1.58 bits per heavy atom. The van der Waals surface area contributed by atoms with E-state index in [2.05, 4.69) is 64.3 Å². The van der Waals surface area contributed by atoms with Crippen LogP contribution in [0, 0.1) is 18.3 Å². The number of carbonyl (C=O) groups excluding carboxylic acids is 3. The van der Waals surface area contributed by atoms with E-state index in [1.54, 1.807) is 54.1 Å². The van der Waals surface area contributed by atoms with E-state index >= 15 is 0 Å². The molecule has 0 unspecified atom stereocenters. The standard InChI is InChI=1S/C58H73N13O6S/c1-8-22-70-54(75)45-33-60-56(65-51(45)71(70)48-11-9-10-47(64-48)58(6,7)77)63-39-16-18-41(19-17-39)67-25-27-68(28-26-67)42-20-23-66(24-21-42)43-29-40(30-43)62-53(74)49(57(3,4)5)55(76)69-34-44(72)31-46(69)52(73)59-32-37-12-14-38(15-13-37)50-36(2)61-35-78-50/h8-19,33,35,40,42-44,46,49,72,77H,1,20-32,34H2,2-7H3,(H,59,73)(H,62,74)(H,60,63,65)/t40?,43?,44-,46+,49+/m1/s1. The van der Waals surface area contributed by atoms with E-state index in [9.17, 15) is 29.4 Å². The molecule has 2 aromatic carbocycles. The predicted molar refractivity (Wildman–Crippen MR) is 303 cm³/mol. The summed E-state index contributed by atoms with van der Waals surface area (Å²) < 4.78 is 3.15. The minimum absolute atomic E-state index is 0.00294. The van der Waals surface area contributed by atoms with Gasteiger partial charge < -0.3 is 40.9 Å². The molecule has 5 N–H and O–H groups in total. The van der Waals surface area contributed by atoms with E-state index < -0.39 is 35.0 Å². The zero-order chi connectivity index (χ0) is 55.0. The number of likely N-dealkylation sites (tertiary alicyclic amines) is 2. The summed E-state index contributed by atoms with van der Waals surface area (Å²) in [6.45, 7) is 21.1. The van der Waals surface area contributed by atoms with Gasteiger partial charge in [0.15, 0.2) is 11.5 Å². The summed E-state index contributed by atoms with van der Waals surface area (Å²) in [5.74, 6) is -1.34. The SMILES string of the molecule is C=CCn1c(=O)c2cnc(Nc3ccc(N4CCN(C5CCN(C6CC(NC(=O)[C@@H](C(=O)N7C[C@H](O)C[C@H]7C(=O)NCc7ccc(-c8scnc8C)cc7)C(C)(C)C)C6)CC5)CC4)cc3)nc2n1-c1cccc(C(C)(C)O)n1. The number of piperazine rings is 1. The Hall–Kier alpha value is -6.84. The van der Waals surface area contributed by atoms with Crippen molar-refractivity contribution in [2.45, 2.75) is 123 Å². The van der Waals surface area contributed by atoms with Gasteiger partial charge in [-0.1, -0.05) is 57.2 Å². The van der Waals surface area contributed by atoms with Crippen LogP contribution in [0.15, 0.2) is 95.9 Å². The Bertz CT molecular complexity index is 3190. The molecule has 4 aromatic heterocycles. The van der Waals surface area contributed by atoms with E-state index in [1.807, 2.05) is 69.6 Å². The van der Waals surface area contributed by atoms with Crippen molar-refractivity contribution in [3.05, 3.63) is 118 Å². The van der Waals surface area contributed by atoms with Gasteiger partial charge in [0.25, 0.3) is 5.56 Å². The fraction of sp³-hybridized carbons (Fsp3) is 0.483. The molecule has 1 saturated carbocycles. The zero-order valence-electron chi connectivity index (χ0n) is 45.6. The Labute approximate surface area is 459 Å². The first-order valence-electron chi connectivity index (χ1n) is 27.3. The summed E-state index contributed by atoms with van der Waals surface area (Å²) in [6.07, 6.45) is 6.28. The van der Waals surface area contributed by atoms with Gasteiger partial charge in [-0.05, 0) is 112 Å². The summed E-state index contributed by atoms with van der Waals surface area (Å²) in [7, 11) is 0. The third-order valence-corrected chi connectivity index (χ3v) is 17.0. The summed E-state index contributed by atoms with van der Waals surface area (Å²) in [6, 6.07) is 21.5. The Kier molecular flexibility index (Phi) is 15.7. The predicted octanol–water partition coefficient (Wildman–Crippen LogP) is 5.74. The molecule has 7 heterocycles. The fourth-order valence-corrected chi connectivity index (χ4v) is 12.4. The molecule has 0 bridgehead atoms. The van der Waals surface area contributed by atoms with Gasteiger partial charge in [0, 0.05) is 81.4 Å². The Balaban J connectivity index is 0.673. The maximum atomic E-state index is 14.3. The average Bonchev–Trinajstić information content (AvgIpc) is 4.32. The molecule has 10 rings (SSSR count). The van der Waals surface area contributed by atoms with Gasteiger partial charge in [-0.2, -0.15) is 4.98 Å². The van der Waals surface area contributed by atoms with Crippen LogP contribution >= 0.6 is 11.3 Å². The largest absolute Gasteiger partial charge is 0.391 e. The van der Waals surface area contributed by atoms with Crippen molar-refractivity contribution in [1.29, 1.82) is 0 Å². The molecule has 19 nitrogen and oxygen atoms in total. The number of hydrogen-bond donors (Lipinski definition) is 5. The number of nitrogens with zero attached hydrogens (tertiary/aromatic N) is 10. The second-order valence-electron chi connectivity index (χ2n) is 23.0. The van der Waals surface area contributed by atoms with Crippen molar-refractivity contribution in [1.82, 2.24) is 54.6 Å². The third-order valence-electron chi connectivity index (χ3n) is 16.0. The minimum atomic E-state index is -1.18. The molecule has 0 spiro atoms. The lowest BCUT2D eigenvalue weighted by Crippen LogP contribution is -2.60. The molecular formula is C58H73N13O6S. The molecule has 3 amide bonds. The fourth-order valence-electron chi connectivity index (χ4n) is 11.6. The van der Waals surface area contributed by atoms with Crippen LogP contribution in [-0.2, 0) is 33.1 Å². The average molecular weight is 1080 g/mol. The summed E-state index contributed by atoms with van der Waals surface area (Å²) in [4.78, 5) is 83.9. The van der Waals surface area contributed by atoms with Gasteiger partial charge in [-0.25, -0.2) is 24.3 Å². The van der Waals surface area contributed by atoms with Gasteiger partial charge in [0.05, 0.1) is 34.4 Å². The van der Waals surface area contributed by atoms with Gasteiger partial charge in [-0.3, -0.25) is 24.1 Å². The van der Waals surface area contributed by atoms with Gasteiger partial charge >= 0.3 is 0 Å². The highest BCUT2D eigenvalue weighted by Gasteiger charge is 2.48. The highest BCUT2D eigenvalue weighted by molar-refractivity contribution is 7.13. The van der Waals surface area contributed by atoms with Crippen LogP contribution < -0.4 is 26.4 Å². The smallest absolute Gasteiger partial charge is 0.278 e. The van der Waals surface area contributed by atoms with Crippen molar-refractivity contribution in [2.75, 3.05) is 56.0 Å². The van der Waals surface area contributed by atoms with Crippen LogP contribution in [0.2, 0.25) is 0 Å². The van der Waals surface area contributed by atoms with Crippen molar-refractivity contribution in [3.8, 4) is 16.3 Å². The maximum absolute atomic E-state index is 14.3. The molecule has 1 aliphatic carbocycles. The van der Waals surface area contributed by atoms with Crippen LogP contribution in [0.25, 0.3) is 27.3 Å². The van der Waals surface area contributed by atoms with Crippen LogP contribution in [-0.4, -0.2) is 148 Å². The number of carbonyl (C=O) groups is 3. The number of allylic oxidation sites excluding steroid dienone is 1. The molecule has 3 aliphatic heterocycles. The topological polar surface area (TPSA) is 219 Å². The van der Waals surface area contributed by atoms with Gasteiger partial charge in [0.2, 0.25) is 23.7 Å². The number of anilines is 3. The highest BCUT2D eigenvalue weighted by atomic mass is 32.1. The lowest BCUT2D eigenvalue weighted by atomic mass is 9.77. The normalized spacial score (nSPS) is 21.1. The monoisotopic (exact) mass is 1080 g/mol. The summed E-state index contributed by atoms with van der Waals surface area (Å²) >= 11 is 1.58. The molecule has 412 valence electrons. The van der Waals surface area contributed by atoms with E-state index in [0.717, 1.165) is 98.0 Å². The van der Waals surface area contributed by atoms with Crippen molar-refractivity contribution in [3.63, 3.8) is 0 Å². The quantitative estimate of drug-likeness (QED) is 0.0577. The first-order valence-corrected chi connectivity index (χ1v) is 28.2. The number of pyridine rings is 1. The first kappa shape index (κ1) is 54.5. The number of hydrogen-bond acceptors (Lipinski definition) is 15. The van der Waals surface area contributed by atoms with Crippen LogP contribution in [0.1, 0.15) is 83.7 Å². The van der Waals surface area contributed by atoms with Gasteiger partial charge in [-0.15, -0.1) is 17.9 Å². The number of amides is 3. The number of nitrogens with one attached hydrogen (secondary N) is 3. The number of aromatic nitrogens is 6. The number of piperidine rings is 1. The summed E-state index contributed by atoms with van der Waals surface area (Å²) in [5.41, 5.74) is 5.40. The second-order valence-corrected chi connectivity index (χ2v) is 23.9. The molecule has 4 aliphatic rings. The van der Waals surface area contributed by atoms with Crippen molar-refractivity contribution >= 4 is 57.4 Å². The third kappa shape index (κ3) is 11.6. The number of aryl methyl sites for hydroxylation is 1. The highest BCUT2D eigenvalue weighted by Crippen LogP contribution is 2.35. The van der Waals surface area contributed by atoms with Crippen molar-refractivity contribution in [2.24, 2.45) is 11.3 Å². The Morgan fingerprint density at radius 3 is 2.23 bits per heavy atom. The second kappa shape index (κ2) is 22.5. The number of aliphatic hydroxyl groups excluding tert-OH is 1. The van der Waals surface area contributed by atoms with Crippen LogP contribution in [0.3, 0.4) is 0 Å². The molecular weight excluding hydrogens is 1010 g/mol. The first-order chi connectivity index (χ1) is 37.3. The molecule has 4 fully saturated rings. The lowest BCUT2D eigenvalue weighted by Gasteiger charge is -2.48. The minimum Gasteiger partial charge on any atom is -0.391 e. The summed E-state index contributed by atoms with van der Waals surface area (Å²) in [5, 5.41) is 31.2. The van der Waals surface area contributed by atoms with E-state index in [4.69, 9.17) is 4.98 Å². The molecule has 0 radical (unpaired) electrons. The number of rotatable bonds is 16. The van der Waals surface area contributed by atoms with Crippen LogP contribution in [0.4, 0.5) is 17.3 Å². The number of thiazole rings is 1. The Morgan fingerprint density at radius 1 is 0.872 bits per heavy atom. The van der Waals surface area contributed by atoms with E-state index in [1.165, 1.54) is 15.8 Å². The van der Waals surface area contributed by atoms with E-state index in [0.29, 0.717) is 40.6 Å². The van der Waals surface area contributed by atoms with Gasteiger partial charge in [0.1, 0.15) is 22.9 Å². The number of fused-ring (bicyclic) bond motifs is 1. The van der Waals surface area contributed by atoms with E-state index in [-0.39, 0.29) is 49.5 Å². The van der Waals surface area contributed by atoms with Crippen LogP contribution in [0.5, 0.6) is 0 Å². The maximum Gasteiger partial charge on any atom is 0.278 e. The molecule has 6 aromatic rings. The number of benzene rings is 2. The lowest BCUT2D eigenvalue weighted by molar-refractivity contribution is -0.151. The van der Waals surface area contributed by atoms with Crippen molar-refractivity contribution < 1.29 is 24.6 Å². The molecule has 3 atom stereocenters. The molecule has 78 heavy (non-hydrogen) atoms. The number of aliphatic hydroxyl groups is 2. The molecule has 3 saturated heterocycles. The number of β-amino-alcohol motifs (C(OH)–C–C–N with tert-alkyl or cyclic N) is 1.